The van der Waals surface area contributed by atoms with E-state index in [1.165, 1.54) is 0 Å². The van der Waals surface area contributed by atoms with Crippen molar-refractivity contribution in [2.75, 3.05) is 26.4 Å². The van der Waals surface area contributed by atoms with Crippen molar-refractivity contribution in [2.45, 2.75) is 25.0 Å². The van der Waals surface area contributed by atoms with Gasteiger partial charge in [-0.2, -0.15) is 0 Å². The average Bonchev–Trinajstić information content (AvgIpc) is 2.39. The second-order valence-electron chi connectivity index (χ2n) is 3.54. The summed E-state index contributed by atoms with van der Waals surface area (Å²) in [5.41, 5.74) is 0. The molecular formula is C10H18O8. The van der Waals surface area contributed by atoms with Crippen LogP contribution >= 0.6 is 0 Å². The van der Waals surface area contributed by atoms with Crippen LogP contribution in [0.2, 0.25) is 0 Å². The second-order valence-corrected chi connectivity index (χ2v) is 3.54. The van der Waals surface area contributed by atoms with E-state index in [0.29, 0.717) is 0 Å². The summed E-state index contributed by atoms with van der Waals surface area (Å²) in [6.45, 7) is -1.72. The molecule has 2 unspecified atom stereocenters. The van der Waals surface area contributed by atoms with Gasteiger partial charge in [-0.15, -0.1) is 0 Å². The molecule has 18 heavy (non-hydrogen) atoms. The molecule has 0 saturated carbocycles. The minimum atomic E-state index is -1.14. The molecule has 0 saturated heterocycles. The van der Waals surface area contributed by atoms with Crippen LogP contribution in [0.5, 0.6) is 0 Å². The molecule has 106 valence electrons. The highest BCUT2D eigenvalue weighted by Crippen LogP contribution is 1.98. The highest BCUT2D eigenvalue weighted by atomic mass is 16.5. The lowest BCUT2D eigenvalue weighted by Crippen LogP contribution is -2.23. The van der Waals surface area contributed by atoms with Gasteiger partial charge in [0.2, 0.25) is 0 Å². The standard InChI is InChI=1S/C10H18O8/c11-3-7(13)5-17-9(15)1-2-10(16)18-6-8(14)4-12/h7-8,11-14H,1-6H2. The van der Waals surface area contributed by atoms with E-state index in [0.717, 1.165) is 0 Å². The van der Waals surface area contributed by atoms with Crippen LogP contribution in [-0.4, -0.2) is 71.0 Å². The molecule has 0 aromatic rings. The summed E-state index contributed by atoms with van der Waals surface area (Å²) in [5.74, 6) is -1.41. The summed E-state index contributed by atoms with van der Waals surface area (Å²) in [6, 6.07) is 0. The smallest absolute Gasteiger partial charge is 0.306 e. The number of carbonyl (C=O) groups excluding carboxylic acids is 2. The fourth-order valence-corrected chi connectivity index (χ4v) is 0.832. The monoisotopic (exact) mass is 266 g/mol. The predicted octanol–water partition coefficient (Wildman–Crippen LogP) is -2.44. The van der Waals surface area contributed by atoms with Crippen LogP contribution in [-0.2, 0) is 19.1 Å². The molecule has 0 aliphatic carbocycles. The molecule has 2 atom stereocenters. The first-order chi connectivity index (χ1) is 8.49. The van der Waals surface area contributed by atoms with E-state index in [9.17, 15) is 9.59 Å². The van der Waals surface area contributed by atoms with E-state index in [-0.39, 0.29) is 26.1 Å². The Morgan fingerprint density at radius 3 is 1.44 bits per heavy atom. The van der Waals surface area contributed by atoms with E-state index in [2.05, 4.69) is 9.47 Å². The molecule has 0 spiro atoms. The van der Waals surface area contributed by atoms with Gasteiger partial charge >= 0.3 is 11.9 Å². The lowest BCUT2D eigenvalue weighted by Gasteiger charge is -2.09. The van der Waals surface area contributed by atoms with Crippen molar-refractivity contribution in [1.82, 2.24) is 0 Å². The van der Waals surface area contributed by atoms with Gasteiger partial charge in [0.05, 0.1) is 26.1 Å². The van der Waals surface area contributed by atoms with Crippen molar-refractivity contribution >= 4 is 11.9 Å². The Bertz CT molecular complexity index is 228. The second kappa shape index (κ2) is 9.77. The Labute approximate surface area is 104 Å². The molecule has 0 aromatic heterocycles. The maximum absolute atomic E-state index is 11.1. The summed E-state index contributed by atoms with van der Waals surface area (Å²) in [4.78, 5) is 22.1. The SMILES string of the molecule is O=C(CCC(=O)OCC(O)CO)OCC(O)CO. The zero-order chi connectivity index (χ0) is 14.0. The first kappa shape index (κ1) is 16.8. The number of esters is 2. The fourth-order valence-electron chi connectivity index (χ4n) is 0.832. The van der Waals surface area contributed by atoms with Crippen molar-refractivity contribution in [3.8, 4) is 0 Å². The third-order valence-electron chi connectivity index (χ3n) is 1.83. The van der Waals surface area contributed by atoms with Crippen LogP contribution < -0.4 is 0 Å². The Morgan fingerprint density at radius 2 is 1.17 bits per heavy atom. The van der Waals surface area contributed by atoms with Gasteiger partial charge in [-0.1, -0.05) is 0 Å². The predicted molar refractivity (Wildman–Crippen MR) is 57.3 cm³/mol. The fraction of sp³-hybridized carbons (Fsp3) is 0.800. The van der Waals surface area contributed by atoms with Crippen molar-refractivity contribution in [2.24, 2.45) is 0 Å². The van der Waals surface area contributed by atoms with Crippen LogP contribution in [0.15, 0.2) is 0 Å². The van der Waals surface area contributed by atoms with Crippen molar-refractivity contribution in [3.63, 3.8) is 0 Å². The lowest BCUT2D eigenvalue weighted by molar-refractivity contribution is -0.154. The highest BCUT2D eigenvalue weighted by Gasteiger charge is 2.12. The number of rotatable bonds is 9. The van der Waals surface area contributed by atoms with E-state index < -0.39 is 37.4 Å². The zero-order valence-electron chi connectivity index (χ0n) is 9.82. The molecule has 8 nitrogen and oxygen atoms in total. The molecule has 0 fully saturated rings. The van der Waals surface area contributed by atoms with Crippen LogP contribution in [0.1, 0.15) is 12.8 Å². The Kier molecular flexibility index (Phi) is 9.11. The van der Waals surface area contributed by atoms with Crippen molar-refractivity contribution in [3.05, 3.63) is 0 Å². The third-order valence-corrected chi connectivity index (χ3v) is 1.83. The first-order valence-electron chi connectivity index (χ1n) is 5.38. The largest absolute Gasteiger partial charge is 0.463 e. The number of aliphatic hydroxyl groups excluding tert-OH is 4. The van der Waals surface area contributed by atoms with Gasteiger partial charge in [-0.3, -0.25) is 9.59 Å². The lowest BCUT2D eigenvalue weighted by atomic mass is 10.3. The third kappa shape index (κ3) is 8.88. The quantitative estimate of drug-likeness (QED) is 0.338. The van der Waals surface area contributed by atoms with E-state index >= 15 is 0 Å². The number of ether oxygens (including phenoxy) is 2. The highest BCUT2D eigenvalue weighted by molar-refractivity contribution is 5.77. The molecular weight excluding hydrogens is 248 g/mol. The molecule has 0 amide bonds. The summed E-state index contributed by atoms with van der Waals surface area (Å²) in [5, 5.41) is 34.7. The average molecular weight is 266 g/mol. The molecule has 0 aliphatic heterocycles. The van der Waals surface area contributed by atoms with E-state index in [1.54, 1.807) is 0 Å². The van der Waals surface area contributed by atoms with Gasteiger partial charge in [0.25, 0.3) is 0 Å². The molecule has 4 N–H and O–H groups in total. The van der Waals surface area contributed by atoms with Gasteiger partial charge in [-0.05, 0) is 0 Å². The Hall–Kier alpha value is -1.22. The van der Waals surface area contributed by atoms with E-state index in [1.807, 2.05) is 0 Å². The number of aliphatic hydroxyl groups is 4. The normalized spacial score (nSPS) is 13.8. The molecule has 0 bridgehead atoms. The minimum Gasteiger partial charge on any atom is -0.463 e. The van der Waals surface area contributed by atoms with Gasteiger partial charge in [-0.25, -0.2) is 0 Å². The van der Waals surface area contributed by atoms with Gasteiger partial charge in [0, 0.05) is 0 Å². The van der Waals surface area contributed by atoms with Crippen LogP contribution in [0.4, 0.5) is 0 Å². The van der Waals surface area contributed by atoms with Gasteiger partial charge in [0.1, 0.15) is 25.4 Å². The Balaban J connectivity index is 3.62. The van der Waals surface area contributed by atoms with Crippen LogP contribution in [0.25, 0.3) is 0 Å². The molecule has 0 aromatic carbocycles. The summed E-state index contributed by atoms with van der Waals surface area (Å²) >= 11 is 0. The van der Waals surface area contributed by atoms with Gasteiger partial charge in [0.15, 0.2) is 0 Å². The topological polar surface area (TPSA) is 134 Å². The molecule has 0 aliphatic rings. The number of carbonyl (C=O) groups is 2. The minimum absolute atomic E-state index is 0.230. The van der Waals surface area contributed by atoms with Crippen molar-refractivity contribution in [1.29, 1.82) is 0 Å². The molecule has 0 rings (SSSR count). The number of hydrogen-bond acceptors (Lipinski definition) is 8. The van der Waals surface area contributed by atoms with Crippen LogP contribution in [0.3, 0.4) is 0 Å². The molecule has 0 heterocycles. The summed E-state index contributed by atoms with van der Waals surface area (Å²) < 4.78 is 9.09. The maximum atomic E-state index is 11.1. The Morgan fingerprint density at radius 1 is 0.833 bits per heavy atom. The summed E-state index contributed by atoms with van der Waals surface area (Å²) in [7, 11) is 0. The van der Waals surface area contributed by atoms with Crippen molar-refractivity contribution < 1.29 is 39.5 Å². The number of hydrogen-bond donors (Lipinski definition) is 4. The molecule has 0 radical (unpaired) electrons. The maximum Gasteiger partial charge on any atom is 0.306 e. The zero-order valence-corrected chi connectivity index (χ0v) is 9.82. The molecule has 8 heteroatoms. The van der Waals surface area contributed by atoms with Crippen LogP contribution in [0, 0.1) is 0 Å². The first-order valence-corrected chi connectivity index (χ1v) is 5.38. The van der Waals surface area contributed by atoms with E-state index in [4.69, 9.17) is 20.4 Å². The van der Waals surface area contributed by atoms with Gasteiger partial charge < -0.3 is 29.9 Å². The summed E-state index contributed by atoms with van der Waals surface area (Å²) in [6.07, 6.45) is -2.74.